The highest BCUT2D eigenvalue weighted by atomic mass is 79.9. The fourth-order valence-corrected chi connectivity index (χ4v) is 2.80. The van der Waals surface area contributed by atoms with Gasteiger partial charge in [0, 0.05) is 17.4 Å². The summed E-state index contributed by atoms with van der Waals surface area (Å²) in [5, 5.41) is 7.46. The van der Waals surface area contributed by atoms with E-state index in [-0.39, 0.29) is 0 Å². The first-order valence-electron chi connectivity index (χ1n) is 6.59. The SMILES string of the molecule is Brc1ccccc1Cc1noc([C@@H]2CCCNC2)n1. The fraction of sp³-hybridized carbons (Fsp3) is 0.429. The molecule has 1 aromatic heterocycles. The minimum Gasteiger partial charge on any atom is -0.339 e. The van der Waals surface area contributed by atoms with E-state index in [1.54, 1.807) is 0 Å². The Bertz CT molecular complexity index is 549. The fourth-order valence-electron chi connectivity index (χ4n) is 2.38. The smallest absolute Gasteiger partial charge is 0.231 e. The second-order valence-corrected chi connectivity index (χ2v) is 5.71. The van der Waals surface area contributed by atoms with Crippen molar-refractivity contribution in [2.24, 2.45) is 0 Å². The Morgan fingerprint density at radius 3 is 3.05 bits per heavy atom. The average Bonchev–Trinajstić information content (AvgIpc) is 2.91. The number of aromatic nitrogens is 2. The van der Waals surface area contributed by atoms with E-state index in [1.165, 1.54) is 12.0 Å². The van der Waals surface area contributed by atoms with Gasteiger partial charge in [-0.3, -0.25) is 0 Å². The minimum absolute atomic E-state index is 0.370. The molecule has 1 saturated heterocycles. The zero-order valence-corrected chi connectivity index (χ0v) is 12.2. The molecule has 0 amide bonds. The van der Waals surface area contributed by atoms with Gasteiger partial charge in [0.1, 0.15) is 0 Å². The first kappa shape index (κ1) is 12.8. The lowest BCUT2D eigenvalue weighted by molar-refractivity contribution is 0.320. The number of hydrogen-bond donors (Lipinski definition) is 1. The molecule has 0 radical (unpaired) electrons. The van der Waals surface area contributed by atoms with Crippen LogP contribution in [0.25, 0.3) is 0 Å². The third-order valence-corrected chi connectivity index (χ3v) is 4.21. The lowest BCUT2D eigenvalue weighted by atomic mass is 10.00. The van der Waals surface area contributed by atoms with Gasteiger partial charge in [-0.2, -0.15) is 4.98 Å². The standard InChI is InChI=1S/C14H16BrN3O/c15-12-6-2-1-4-10(12)8-13-17-14(19-18-13)11-5-3-7-16-9-11/h1-2,4,6,11,16H,3,5,7-9H2/t11-/m1/s1. The summed E-state index contributed by atoms with van der Waals surface area (Å²) in [6.07, 6.45) is 3.00. The van der Waals surface area contributed by atoms with Crippen LogP contribution in [0.5, 0.6) is 0 Å². The van der Waals surface area contributed by atoms with Crippen molar-refractivity contribution >= 4 is 15.9 Å². The Balaban J connectivity index is 1.73. The topological polar surface area (TPSA) is 51.0 Å². The van der Waals surface area contributed by atoms with Crippen molar-refractivity contribution in [3.8, 4) is 0 Å². The molecule has 4 nitrogen and oxygen atoms in total. The predicted octanol–water partition coefficient (Wildman–Crippen LogP) is 2.89. The van der Waals surface area contributed by atoms with Gasteiger partial charge in [-0.15, -0.1) is 0 Å². The van der Waals surface area contributed by atoms with Crippen LogP contribution in [0.15, 0.2) is 33.3 Å². The average molecular weight is 322 g/mol. The Kier molecular flexibility index (Phi) is 3.94. The molecule has 2 aromatic rings. The van der Waals surface area contributed by atoms with E-state index >= 15 is 0 Å². The Labute approximate surface area is 120 Å². The van der Waals surface area contributed by atoms with Crippen molar-refractivity contribution < 1.29 is 4.52 Å². The van der Waals surface area contributed by atoms with Gasteiger partial charge in [0.2, 0.25) is 5.89 Å². The summed E-state index contributed by atoms with van der Waals surface area (Å²) in [6.45, 7) is 2.03. The number of rotatable bonds is 3. The molecule has 1 fully saturated rings. The molecule has 3 rings (SSSR count). The van der Waals surface area contributed by atoms with Crippen LogP contribution in [-0.4, -0.2) is 23.2 Å². The Hall–Kier alpha value is -1.20. The number of nitrogens with zero attached hydrogens (tertiary/aromatic N) is 2. The van der Waals surface area contributed by atoms with Crippen LogP contribution in [0.1, 0.15) is 36.0 Å². The molecule has 0 spiro atoms. The monoisotopic (exact) mass is 321 g/mol. The molecule has 5 heteroatoms. The maximum atomic E-state index is 5.40. The first-order valence-corrected chi connectivity index (χ1v) is 7.39. The maximum absolute atomic E-state index is 5.40. The summed E-state index contributed by atoms with van der Waals surface area (Å²) in [6, 6.07) is 8.12. The zero-order valence-electron chi connectivity index (χ0n) is 10.6. The predicted molar refractivity (Wildman–Crippen MR) is 76.1 cm³/mol. The van der Waals surface area contributed by atoms with Crippen LogP contribution in [-0.2, 0) is 6.42 Å². The van der Waals surface area contributed by atoms with Gasteiger partial charge in [-0.1, -0.05) is 39.3 Å². The Morgan fingerprint density at radius 2 is 2.26 bits per heavy atom. The van der Waals surface area contributed by atoms with Crippen molar-refractivity contribution in [2.75, 3.05) is 13.1 Å². The zero-order chi connectivity index (χ0) is 13.1. The molecule has 1 atom stereocenters. The van der Waals surface area contributed by atoms with Gasteiger partial charge in [0.25, 0.3) is 0 Å². The number of piperidine rings is 1. The highest BCUT2D eigenvalue weighted by Gasteiger charge is 2.21. The molecule has 1 N–H and O–H groups in total. The molecule has 1 aliphatic rings. The number of halogens is 1. The summed E-state index contributed by atoms with van der Waals surface area (Å²) in [7, 11) is 0. The van der Waals surface area contributed by atoms with E-state index in [4.69, 9.17) is 4.52 Å². The maximum Gasteiger partial charge on any atom is 0.231 e. The molecular weight excluding hydrogens is 306 g/mol. The molecule has 100 valence electrons. The van der Waals surface area contributed by atoms with E-state index in [0.717, 1.165) is 35.7 Å². The largest absolute Gasteiger partial charge is 0.339 e. The van der Waals surface area contributed by atoms with E-state index in [1.807, 2.05) is 18.2 Å². The van der Waals surface area contributed by atoms with Crippen molar-refractivity contribution in [1.82, 2.24) is 15.5 Å². The van der Waals surface area contributed by atoms with Crippen molar-refractivity contribution in [3.63, 3.8) is 0 Å². The summed E-state index contributed by atoms with van der Waals surface area (Å²) in [4.78, 5) is 4.53. The molecule has 0 unspecified atom stereocenters. The second-order valence-electron chi connectivity index (χ2n) is 4.86. The van der Waals surface area contributed by atoms with Gasteiger partial charge in [0.05, 0.1) is 5.92 Å². The van der Waals surface area contributed by atoms with E-state index in [2.05, 4.69) is 37.5 Å². The molecule has 0 saturated carbocycles. The quantitative estimate of drug-likeness (QED) is 0.944. The van der Waals surface area contributed by atoms with Crippen molar-refractivity contribution in [1.29, 1.82) is 0 Å². The summed E-state index contributed by atoms with van der Waals surface area (Å²) < 4.78 is 6.48. The molecule has 19 heavy (non-hydrogen) atoms. The summed E-state index contributed by atoms with van der Waals surface area (Å²) in [5.74, 6) is 1.90. The molecule has 0 bridgehead atoms. The minimum atomic E-state index is 0.370. The van der Waals surface area contributed by atoms with Crippen LogP contribution in [0.3, 0.4) is 0 Å². The Morgan fingerprint density at radius 1 is 1.37 bits per heavy atom. The van der Waals surface area contributed by atoms with Gasteiger partial charge in [-0.25, -0.2) is 0 Å². The van der Waals surface area contributed by atoms with Gasteiger partial charge >= 0.3 is 0 Å². The number of nitrogens with one attached hydrogen (secondary N) is 1. The summed E-state index contributed by atoms with van der Waals surface area (Å²) >= 11 is 3.54. The molecule has 2 heterocycles. The first-order chi connectivity index (χ1) is 9.33. The third kappa shape index (κ3) is 3.04. The third-order valence-electron chi connectivity index (χ3n) is 3.44. The van der Waals surface area contributed by atoms with Crippen LogP contribution >= 0.6 is 15.9 Å². The van der Waals surface area contributed by atoms with Crippen LogP contribution in [0.2, 0.25) is 0 Å². The summed E-state index contributed by atoms with van der Waals surface area (Å²) in [5.41, 5.74) is 1.18. The highest BCUT2D eigenvalue weighted by molar-refractivity contribution is 9.10. The molecule has 0 aliphatic carbocycles. The van der Waals surface area contributed by atoms with E-state index in [0.29, 0.717) is 12.3 Å². The van der Waals surface area contributed by atoms with Gasteiger partial charge in [-0.05, 0) is 31.0 Å². The normalized spacial score (nSPS) is 19.5. The van der Waals surface area contributed by atoms with E-state index in [9.17, 15) is 0 Å². The number of hydrogen-bond acceptors (Lipinski definition) is 4. The van der Waals surface area contributed by atoms with Crippen LogP contribution < -0.4 is 5.32 Å². The molecule has 1 aromatic carbocycles. The van der Waals surface area contributed by atoms with Crippen molar-refractivity contribution in [3.05, 3.63) is 46.0 Å². The highest BCUT2D eigenvalue weighted by Crippen LogP contribution is 2.23. The molecular formula is C14H16BrN3O. The van der Waals surface area contributed by atoms with Crippen molar-refractivity contribution in [2.45, 2.75) is 25.2 Å². The van der Waals surface area contributed by atoms with Gasteiger partial charge < -0.3 is 9.84 Å². The van der Waals surface area contributed by atoms with Crippen LogP contribution in [0, 0.1) is 0 Å². The van der Waals surface area contributed by atoms with E-state index < -0.39 is 0 Å². The van der Waals surface area contributed by atoms with Gasteiger partial charge in [0.15, 0.2) is 5.82 Å². The number of benzene rings is 1. The lowest BCUT2D eigenvalue weighted by Crippen LogP contribution is -2.28. The lowest BCUT2D eigenvalue weighted by Gasteiger charge is -2.18. The second kappa shape index (κ2) is 5.84. The molecule has 1 aliphatic heterocycles. The van der Waals surface area contributed by atoms with Crippen LogP contribution in [0.4, 0.5) is 0 Å².